The van der Waals surface area contributed by atoms with E-state index in [2.05, 4.69) is 15.4 Å². The molecule has 1 aromatic carbocycles. The van der Waals surface area contributed by atoms with Crippen LogP contribution in [0.5, 0.6) is 0 Å². The minimum atomic E-state index is 0.0458. The Bertz CT molecular complexity index is 626. The molecule has 1 amide bonds. The zero-order valence-electron chi connectivity index (χ0n) is 12.4. The predicted molar refractivity (Wildman–Crippen MR) is 84.1 cm³/mol. The largest absolute Gasteiger partial charge is 0.381 e. The summed E-state index contributed by atoms with van der Waals surface area (Å²) in [6.45, 7) is 1.68. The number of piperidine rings is 1. The Kier molecular flexibility index (Phi) is 4.22. The summed E-state index contributed by atoms with van der Waals surface area (Å²) in [5, 5.41) is 7.44. The molecule has 0 saturated carbocycles. The van der Waals surface area contributed by atoms with Crippen molar-refractivity contribution in [2.24, 2.45) is 0 Å². The molecule has 22 heavy (non-hydrogen) atoms. The Morgan fingerprint density at radius 3 is 2.91 bits per heavy atom. The Morgan fingerprint density at radius 2 is 2.18 bits per heavy atom. The molecule has 1 aromatic heterocycles. The van der Waals surface area contributed by atoms with Gasteiger partial charge >= 0.3 is 0 Å². The molecule has 1 atom stereocenters. The van der Waals surface area contributed by atoms with Crippen LogP contribution >= 0.6 is 0 Å². The highest BCUT2D eigenvalue weighted by atomic mass is 16.2. The number of anilines is 2. The summed E-state index contributed by atoms with van der Waals surface area (Å²) in [5.74, 6) is 0.236. The number of hydrogen-bond donors (Lipinski definition) is 2. The third-order valence-electron chi connectivity index (χ3n) is 3.77. The van der Waals surface area contributed by atoms with E-state index in [4.69, 9.17) is 5.73 Å². The molecule has 1 unspecified atom stereocenters. The van der Waals surface area contributed by atoms with E-state index in [0.717, 1.165) is 25.1 Å². The van der Waals surface area contributed by atoms with Gasteiger partial charge in [-0.25, -0.2) is 9.67 Å². The number of nitrogens with two attached hydrogens (primary N) is 1. The van der Waals surface area contributed by atoms with E-state index in [1.54, 1.807) is 0 Å². The molecular formula is C15H20N6O. The van der Waals surface area contributed by atoms with Crippen molar-refractivity contribution in [3.05, 3.63) is 36.7 Å². The number of nitrogen functional groups attached to an aromatic ring is 1. The molecule has 7 heteroatoms. The van der Waals surface area contributed by atoms with Gasteiger partial charge in [-0.2, -0.15) is 0 Å². The van der Waals surface area contributed by atoms with Gasteiger partial charge in [-0.15, -0.1) is 5.10 Å². The monoisotopic (exact) mass is 300 g/mol. The van der Waals surface area contributed by atoms with Crippen molar-refractivity contribution in [3.8, 4) is 0 Å². The highest BCUT2D eigenvalue weighted by molar-refractivity contribution is 5.76. The van der Waals surface area contributed by atoms with Crippen LogP contribution in [0.25, 0.3) is 0 Å². The molecule has 0 radical (unpaired) electrons. The van der Waals surface area contributed by atoms with Crippen molar-refractivity contribution in [1.82, 2.24) is 19.7 Å². The summed E-state index contributed by atoms with van der Waals surface area (Å²) in [5.41, 5.74) is 6.55. The van der Waals surface area contributed by atoms with Crippen LogP contribution in [0.4, 0.5) is 11.6 Å². The Hall–Kier alpha value is -2.57. The lowest BCUT2D eigenvalue weighted by molar-refractivity contribution is -0.133. The van der Waals surface area contributed by atoms with E-state index in [0.29, 0.717) is 6.54 Å². The second kappa shape index (κ2) is 6.46. The number of nitrogens with one attached hydrogen (secondary N) is 1. The fourth-order valence-electron chi connectivity index (χ4n) is 2.72. The van der Waals surface area contributed by atoms with Crippen LogP contribution in [-0.4, -0.2) is 44.7 Å². The molecule has 1 fully saturated rings. The van der Waals surface area contributed by atoms with Gasteiger partial charge < -0.3 is 16.0 Å². The summed E-state index contributed by atoms with van der Waals surface area (Å²) in [7, 11) is 0. The second-order valence-corrected chi connectivity index (χ2v) is 5.49. The Morgan fingerprint density at radius 1 is 1.36 bits per heavy atom. The first kappa shape index (κ1) is 14.4. The smallest absolute Gasteiger partial charge is 0.244 e. The molecular weight excluding hydrogens is 280 g/mol. The van der Waals surface area contributed by atoms with E-state index in [9.17, 15) is 4.79 Å². The lowest BCUT2D eigenvalue weighted by atomic mass is 10.1. The summed E-state index contributed by atoms with van der Waals surface area (Å²) < 4.78 is 1.48. The third-order valence-corrected chi connectivity index (χ3v) is 3.77. The first-order valence-electron chi connectivity index (χ1n) is 7.45. The molecule has 0 spiro atoms. The van der Waals surface area contributed by atoms with Crippen molar-refractivity contribution in [2.45, 2.75) is 25.4 Å². The van der Waals surface area contributed by atoms with Crippen LogP contribution in [0.15, 0.2) is 36.7 Å². The number of nitrogens with zero attached hydrogens (tertiary/aromatic N) is 4. The molecule has 1 saturated heterocycles. The van der Waals surface area contributed by atoms with E-state index in [1.165, 1.54) is 11.0 Å². The first-order valence-corrected chi connectivity index (χ1v) is 7.45. The summed E-state index contributed by atoms with van der Waals surface area (Å²) in [6, 6.07) is 10.4. The minimum Gasteiger partial charge on any atom is -0.381 e. The average Bonchev–Trinajstić information content (AvgIpc) is 2.93. The fraction of sp³-hybridized carbons (Fsp3) is 0.400. The number of rotatable bonds is 4. The van der Waals surface area contributed by atoms with Crippen molar-refractivity contribution >= 4 is 17.5 Å². The normalized spacial score (nSPS) is 18.2. The van der Waals surface area contributed by atoms with Crippen molar-refractivity contribution in [2.75, 3.05) is 24.1 Å². The molecule has 3 N–H and O–H groups in total. The molecule has 0 aliphatic carbocycles. The van der Waals surface area contributed by atoms with Crippen molar-refractivity contribution in [1.29, 1.82) is 0 Å². The fourth-order valence-corrected chi connectivity index (χ4v) is 2.72. The zero-order chi connectivity index (χ0) is 15.4. The number of benzene rings is 1. The third kappa shape index (κ3) is 3.55. The predicted octanol–water partition coefficient (Wildman–Crippen LogP) is 0.963. The molecule has 2 heterocycles. The molecule has 0 bridgehead atoms. The molecule has 3 rings (SSSR count). The summed E-state index contributed by atoms with van der Waals surface area (Å²) >= 11 is 0. The Balaban J connectivity index is 1.57. The maximum absolute atomic E-state index is 12.3. The van der Waals surface area contributed by atoms with E-state index in [1.807, 2.05) is 35.2 Å². The van der Waals surface area contributed by atoms with Gasteiger partial charge in [-0.1, -0.05) is 18.2 Å². The highest BCUT2D eigenvalue weighted by Gasteiger charge is 2.23. The number of carbonyl (C=O) groups excluding carboxylic acids is 1. The van der Waals surface area contributed by atoms with Gasteiger partial charge in [-0.3, -0.25) is 4.79 Å². The number of likely N-dealkylation sites (tertiary alicyclic amines) is 1. The number of hydrogen-bond acceptors (Lipinski definition) is 5. The zero-order valence-corrected chi connectivity index (χ0v) is 12.4. The average molecular weight is 300 g/mol. The van der Waals surface area contributed by atoms with Crippen LogP contribution in [0.2, 0.25) is 0 Å². The van der Waals surface area contributed by atoms with Gasteiger partial charge in [-0.05, 0) is 25.0 Å². The minimum absolute atomic E-state index is 0.0458. The standard InChI is InChI=1S/C15H20N6O/c16-15-17-11-21(19-15)10-14(22)20-8-4-7-13(9-20)18-12-5-2-1-3-6-12/h1-3,5-6,11,13,18H,4,7-10H2,(H2,16,19). The van der Waals surface area contributed by atoms with Gasteiger partial charge in [0.15, 0.2) is 0 Å². The summed E-state index contributed by atoms with van der Waals surface area (Å²) in [4.78, 5) is 18.1. The molecule has 116 valence electrons. The van der Waals surface area contributed by atoms with Crippen LogP contribution < -0.4 is 11.1 Å². The Labute approximate surface area is 129 Å². The number of aromatic nitrogens is 3. The highest BCUT2D eigenvalue weighted by Crippen LogP contribution is 2.16. The van der Waals surface area contributed by atoms with Crippen LogP contribution in [0, 0.1) is 0 Å². The first-order chi connectivity index (χ1) is 10.7. The maximum atomic E-state index is 12.3. The molecule has 1 aliphatic heterocycles. The number of amides is 1. The second-order valence-electron chi connectivity index (χ2n) is 5.49. The van der Waals surface area contributed by atoms with Crippen molar-refractivity contribution < 1.29 is 4.79 Å². The van der Waals surface area contributed by atoms with E-state index < -0.39 is 0 Å². The number of carbonyl (C=O) groups is 1. The van der Waals surface area contributed by atoms with E-state index in [-0.39, 0.29) is 24.4 Å². The van der Waals surface area contributed by atoms with Gasteiger partial charge in [0.25, 0.3) is 0 Å². The lowest BCUT2D eigenvalue weighted by Gasteiger charge is -2.33. The quantitative estimate of drug-likeness (QED) is 0.878. The number of para-hydroxylation sites is 1. The van der Waals surface area contributed by atoms with Gasteiger partial charge in [0.1, 0.15) is 12.9 Å². The van der Waals surface area contributed by atoms with Crippen LogP contribution in [0.3, 0.4) is 0 Å². The molecule has 7 nitrogen and oxygen atoms in total. The van der Waals surface area contributed by atoms with Gasteiger partial charge in [0.2, 0.25) is 11.9 Å². The SMILES string of the molecule is Nc1ncn(CC(=O)N2CCCC(Nc3ccccc3)C2)n1. The topological polar surface area (TPSA) is 89.1 Å². The summed E-state index contributed by atoms with van der Waals surface area (Å²) in [6.07, 6.45) is 3.54. The van der Waals surface area contributed by atoms with E-state index >= 15 is 0 Å². The van der Waals surface area contributed by atoms with Crippen LogP contribution in [-0.2, 0) is 11.3 Å². The van der Waals surface area contributed by atoms with Crippen molar-refractivity contribution in [3.63, 3.8) is 0 Å². The lowest BCUT2D eigenvalue weighted by Crippen LogP contribution is -2.46. The van der Waals surface area contributed by atoms with Gasteiger partial charge in [0, 0.05) is 24.8 Å². The van der Waals surface area contributed by atoms with Crippen LogP contribution in [0.1, 0.15) is 12.8 Å². The maximum Gasteiger partial charge on any atom is 0.244 e. The van der Waals surface area contributed by atoms with Gasteiger partial charge in [0.05, 0.1) is 0 Å². The molecule has 2 aromatic rings. The molecule has 1 aliphatic rings.